The second-order valence-electron chi connectivity index (χ2n) is 13.9. The third-order valence-corrected chi connectivity index (χ3v) is 12.6. The number of aryl methyl sites for hydroxylation is 1. The van der Waals surface area contributed by atoms with Crippen LogP contribution in [0.1, 0.15) is 42.2 Å². The number of aromatic hydroxyl groups is 2. The van der Waals surface area contributed by atoms with Gasteiger partial charge in [-0.1, -0.05) is 16.8 Å². The van der Waals surface area contributed by atoms with Gasteiger partial charge in [-0.05, 0) is 6.92 Å². The van der Waals surface area contributed by atoms with Crippen molar-refractivity contribution in [2.24, 2.45) is 5.16 Å². The number of nitrogens with two attached hydrogens (primary N) is 1. The van der Waals surface area contributed by atoms with Gasteiger partial charge in [-0.25, -0.2) is 14.6 Å². The number of amides is 3. The first-order chi connectivity index (χ1) is 28.0. The number of carboxylic acids is 3. The summed E-state index contributed by atoms with van der Waals surface area (Å²) >= 11 is 8.36. The second kappa shape index (κ2) is 18.8. The van der Waals surface area contributed by atoms with Gasteiger partial charge < -0.3 is 55.8 Å². The number of nitrogens with one attached hydrogen (secondary N) is 2. The zero-order chi connectivity index (χ0) is 42.9. The zero-order valence-electron chi connectivity index (χ0n) is 31.0. The van der Waals surface area contributed by atoms with Crippen LogP contribution in [-0.4, -0.2) is 171 Å². The Kier molecular flexibility index (Phi) is 14.5. The molecular formula is C35H39ClN8NaO13S2+. The van der Waals surface area contributed by atoms with Crippen LogP contribution in [0.25, 0.3) is 10.9 Å². The first-order valence-electron chi connectivity index (χ1n) is 18.0. The number of anilines is 1. The number of hydrogen-bond acceptors (Lipinski definition) is 15. The average Bonchev–Trinajstić information content (AvgIpc) is 3.83. The van der Waals surface area contributed by atoms with Gasteiger partial charge in [-0.15, -0.1) is 23.1 Å². The average molecular weight is 902 g/mol. The van der Waals surface area contributed by atoms with Crippen molar-refractivity contribution in [1.29, 1.82) is 0 Å². The minimum atomic E-state index is -1.96. The van der Waals surface area contributed by atoms with Crippen molar-refractivity contribution < 1.29 is 63.6 Å². The number of carboxylic acid groups (broad SMARTS) is 3. The number of oxime groups is 1. The van der Waals surface area contributed by atoms with Crippen molar-refractivity contribution in [2.75, 3.05) is 44.2 Å². The molecule has 0 aliphatic carbocycles. The molecule has 3 aliphatic rings. The summed E-state index contributed by atoms with van der Waals surface area (Å²) in [5.41, 5.74) is 4.46. The van der Waals surface area contributed by atoms with Crippen LogP contribution in [0.15, 0.2) is 38.9 Å². The number of thiazole rings is 1. The Hall–Kier alpha value is -4.91. The van der Waals surface area contributed by atoms with Gasteiger partial charge in [0.2, 0.25) is 11.5 Å². The molecule has 0 saturated carbocycles. The zero-order valence-corrected chi connectivity index (χ0v) is 33.4. The molecule has 2 aromatic heterocycles. The Morgan fingerprint density at radius 2 is 1.85 bits per heavy atom. The summed E-state index contributed by atoms with van der Waals surface area (Å²) in [5, 5.41) is 57.8. The predicted octanol–water partition coefficient (Wildman–Crippen LogP) is -0.0960. The first kappa shape index (κ1) is 46.2. The molecule has 2 saturated heterocycles. The number of carbonyl (C=O) groups is 6. The van der Waals surface area contributed by atoms with Gasteiger partial charge in [0, 0.05) is 48.4 Å². The summed E-state index contributed by atoms with van der Waals surface area (Å²) in [4.78, 5) is 99.2. The molecule has 0 radical (unpaired) electrons. The summed E-state index contributed by atoms with van der Waals surface area (Å²) in [6, 6.07) is -0.0447. The summed E-state index contributed by atoms with van der Waals surface area (Å²) in [6.07, 6.45) is 0.0412. The van der Waals surface area contributed by atoms with Crippen LogP contribution in [0.3, 0.4) is 0 Å². The summed E-state index contributed by atoms with van der Waals surface area (Å²) in [7, 11) is 0. The third kappa shape index (κ3) is 9.21. The Balaban J connectivity index is 0.00000683. The van der Waals surface area contributed by atoms with Crippen molar-refractivity contribution in [1.82, 2.24) is 25.1 Å². The molecule has 0 unspecified atom stereocenters. The normalized spacial score (nSPS) is 18.9. The number of thioether (sulfide) groups is 1. The number of pyridine rings is 1. The molecular weight excluding hydrogens is 863 g/mol. The van der Waals surface area contributed by atoms with Crippen LogP contribution in [0, 0.1) is 0 Å². The number of nitrogen functional groups attached to an aromatic ring is 1. The van der Waals surface area contributed by atoms with E-state index >= 15 is 0 Å². The van der Waals surface area contributed by atoms with E-state index < -0.39 is 82.2 Å². The number of benzene rings is 1. The van der Waals surface area contributed by atoms with Crippen LogP contribution < -0.4 is 21.8 Å². The van der Waals surface area contributed by atoms with Crippen molar-refractivity contribution in [3.63, 3.8) is 0 Å². The summed E-state index contributed by atoms with van der Waals surface area (Å²) in [6.45, 7) is 4.04. The molecule has 25 heteroatoms. The maximum absolute atomic E-state index is 13.6. The van der Waals surface area contributed by atoms with E-state index in [1.807, 2.05) is 0 Å². The van der Waals surface area contributed by atoms with Gasteiger partial charge in [-0.2, -0.15) is 0 Å². The number of rotatable bonds is 16. The molecule has 0 spiro atoms. The van der Waals surface area contributed by atoms with E-state index in [0.29, 0.717) is 36.2 Å². The molecule has 2 fully saturated rings. The first-order valence-corrected chi connectivity index (χ1v) is 20.3. The maximum atomic E-state index is 13.6. The van der Waals surface area contributed by atoms with Crippen LogP contribution >= 0.6 is 34.7 Å². The van der Waals surface area contributed by atoms with E-state index in [1.54, 1.807) is 11.5 Å². The van der Waals surface area contributed by atoms with Crippen LogP contribution in [0.5, 0.6) is 11.5 Å². The molecule has 1 aromatic carbocycles. The van der Waals surface area contributed by atoms with Gasteiger partial charge in [0.05, 0.1) is 48.5 Å². The van der Waals surface area contributed by atoms with Crippen LogP contribution in [0.2, 0.25) is 5.02 Å². The number of quaternary nitrogens is 1. The molecule has 60 heavy (non-hydrogen) atoms. The standard InChI is InChI=1S/C35H37ClN8O13S2.Na.H/c1-2-42-11-16(27(48)22-18(42)9-19(45)28(49)23(22)36)29(50)38-5-8-44(6-3-4-7-44)12-15-13-58-32-25(31(52)43(32)26(15)34(55)56)40-30(51)24(17-14-59-35(37)39-17)41-57-20(33(53)54)10-21(46)47;;/h9,11,14,20,25,32H,2-8,10,12-13H2,1H3,(H8-,37,38,39,40,41,45,46,47,48,49,50,51,53,54,55,56);;/p+1/t20-,25+,32+;;/m0../s1. The van der Waals surface area contributed by atoms with Gasteiger partial charge >= 0.3 is 47.5 Å². The molecule has 3 amide bonds. The fourth-order valence-electron chi connectivity index (χ4n) is 7.33. The molecule has 3 aromatic rings. The third-order valence-electron chi connectivity index (χ3n) is 10.2. The number of fused-ring (bicyclic) bond motifs is 2. The Bertz CT molecular complexity index is 2400. The van der Waals surface area contributed by atoms with E-state index in [9.17, 15) is 54.0 Å². The topological polar surface area (TPSA) is 313 Å². The van der Waals surface area contributed by atoms with Crippen molar-refractivity contribution >= 4 is 122 Å². The molecule has 9 N–H and O–H groups in total. The molecule has 21 nitrogen and oxygen atoms in total. The molecule has 3 atom stereocenters. The van der Waals surface area contributed by atoms with E-state index in [4.69, 9.17) is 27.3 Å². The number of aliphatic carboxylic acids is 3. The number of hydrogen-bond donors (Lipinski definition) is 8. The number of halogens is 1. The van der Waals surface area contributed by atoms with E-state index in [0.717, 1.165) is 29.1 Å². The molecule has 0 bridgehead atoms. The summed E-state index contributed by atoms with van der Waals surface area (Å²) in [5.74, 6) is -8.03. The molecule has 6 rings (SSSR count). The number of aromatic nitrogens is 2. The SMILES string of the molecule is CCn1cc(C(=O)NCC[N+]2(CC3=C(C(=O)O)N4C(=O)[C@@H](NC(=O)/C(=N\O[C@@H](CC(=O)O)C(=O)O)c5csc(N)n5)[C@H]4SC3)CCCC2)c(=O)c2c(Cl)c(O)c(O)cc21.[NaH]. The van der Waals surface area contributed by atoms with E-state index in [-0.39, 0.29) is 86.4 Å². The number of phenolic OH excluding ortho intramolecular Hbond substituents is 2. The van der Waals surface area contributed by atoms with Gasteiger partial charge in [-0.3, -0.25) is 28.9 Å². The van der Waals surface area contributed by atoms with Crippen molar-refractivity contribution in [3.05, 3.63) is 55.4 Å². The van der Waals surface area contributed by atoms with Gasteiger partial charge in [0.25, 0.3) is 17.7 Å². The molecule has 3 aliphatic heterocycles. The van der Waals surface area contributed by atoms with Crippen molar-refractivity contribution in [3.8, 4) is 11.5 Å². The van der Waals surface area contributed by atoms with E-state index in [2.05, 4.69) is 20.8 Å². The number of β-lactam (4-membered cyclic amide) rings is 1. The monoisotopic (exact) mass is 901 g/mol. The molecule has 316 valence electrons. The van der Waals surface area contributed by atoms with Gasteiger partial charge in [0.15, 0.2) is 22.3 Å². The fourth-order valence-corrected chi connectivity index (χ4v) is 9.49. The summed E-state index contributed by atoms with van der Waals surface area (Å²) < 4.78 is 1.93. The quantitative estimate of drug-likeness (QED) is 0.0233. The number of carbonyl (C=O) groups excluding carboxylic acids is 3. The number of phenols is 2. The Morgan fingerprint density at radius 3 is 2.45 bits per heavy atom. The van der Waals surface area contributed by atoms with Gasteiger partial charge in [0.1, 0.15) is 34.9 Å². The second-order valence-corrected chi connectivity index (χ2v) is 16.3. The molecule has 5 heterocycles. The fraction of sp³-hybridized carbons (Fsp3) is 0.400. The van der Waals surface area contributed by atoms with Crippen LogP contribution in [0.4, 0.5) is 5.13 Å². The predicted molar refractivity (Wildman–Crippen MR) is 218 cm³/mol. The van der Waals surface area contributed by atoms with Crippen molar-refractivity contribution in [2.45, 2.75) is 50.3 Å². The minimum absolute atomic E-state index is 0. The van der Waals surface area contributed by atoms with Crippen LogP contribution in [-0.2, 0) is 35.4 Å². The number of nitrogens with zero attached hydrogens (tertiary/aromatic N) is 5. The number of likely N-dealkylation sites (tertiary alicyclic amines) is 1. The Labute approximate surface area is 374 Å². The van der Waals surface area contributed by atoms with E-state index in [1.165, 1.54) is 29.4 Å². The Morgan fingerprint density at radius 1 is 1.15 bits per heavy atom.